The van der Waals surface area contributed by atoms with E-state index >= 15 is 0 Å². The van der Waals surface area contributed by atoms with Crippen LogP contribution in [0.2, 0.25) is 0 Å². The molecular formula is C65H97NO21. The summed E-state index contributed by atoms with van der Waals surface area (Å²) in [6.07, 6.45) is 5.50. The maximum Gasteiger partial charge on any atom is 0.509 e. The van der Waals surface area contributed by atoms with E-state index in [4.69, 9.17) is 61.6 Å². The van der Waals surface area contributed by atoms with E-state index in [0.29, 0.717) is 63.4 Å². The molecule has 22 heteroatoms. The number of hydrogen-bond acceptors (Lipinski definition) is 21. The third-order valence-electron chi connectivity index (χ3n) is 18.8. The van der Waals surface area contributed by atoms with Crippen LogP contribution in [-0.2, 0) is 85.6 Å². The molecule has 2 saturated carbocycles. The van der Waals surface area contributed by atoms with Crippen molar-refractivity contribution in [1.29, 1.82) is 0 Å². The third kappa shape index (κ3) is 17.3. The molecule has 1 amide bonds. The lowest BCUT2D eigenvalue weighted by Gasteiger charge is -2.42. The Balaban J connectivity index is 1.20. The molecule has 0 aromatic rings. The third-order valence-corrected chi connectivity index (χ3v) is 18.8. The molecule has 22 nitrogen and oxygen atoms in total. The first-order valence-corrected chi connectivity index (χ1v) is 31.2. The zero-order valence-corrected chi connectivity index (χ0v) is 53.6. The highest BCUT2D eigenvalue weighted by atomic mass is 16.8. The number of hydrogen-bond donors (Lipinski definition) is 1. The number of allylic oxidation sites excluding steroid dienone is 6. The average Bonchev–Trinajstić information content (AvgIpc) is 1.46. The second-order valence-corrected chi connectivity index (χ2v) is 26.2. The maximum atomic E-state index is 15.0. The Morgan fingerprint density at radius 2 is 1.41 bits per heavy atom. The van der Waals surface area contributed by atoms with Crippen LogP contribution in [0, 0.1) is 35.5 Å². The number of fused-ring (bicyclic) bond motifs is 4. The van der Waals surface area contributed by atoms with Crippen molar-refractivity contribution in [3.05, 3.63) is 47.1 Å². The number of ketones is 3. The zero-order valence-electron chi connectivity index (χ0n) is 53.6. The summed E-state index contributed by atoms with van der Waals surface area (Å²) in [5, 5.41) is 12.2. The number of cyclic esters (lactones) is 1. The summed E-state index contributed by atoms with van der Waals surface area (Å²) in [7, 11) is 4.44. The number of piperidine rings is 1. The Kier molecular flexibility index (Phi) is 23.8. The number of methoxy groups -OCH3 is 3. The summed E-state index contributed by atoms with van der Waals surface area (Å²) in [4.78, 5) is 102. The van der Waals surface area contributed by atoms with E-state index in [1.54, 1.807) is 68.6 Å². The number of carbonyl (C=O) groups is 7. The molecule has 4 saturated heterocycles. The largest absolute Gasteiger partial charge is 0.509 e. The molecule has 1 N–H and O–H groups in total. The van der Waals surface area contributed by atoms with Crippen molar-refractivity contribution in [3.63, 3.8) is 0 Å². The van der Waals surface area contributed by atoms with E-state index < -0.39 is 131 Å². The molecule has 7 aliphatic rings. The van der Waals surface area contributed by atoms with Crippen LogP contribution in [0.25, 0.3) is 0 Å². The molecule has 5 aliphatic heterocycles. The number of rotatable bonds is 12. The lowest BCUT2D eigenvalue weighted by molar-refractivity contribution is -0.265. The number of amides is 1. The molecule has 6 fully saturated rings. The lowest BCUT2D eigenvalue weighted by atomic mass is 9.66. The van der Waals surface area contributed by atoms with Gasteiger partial charge in [-0.3, -0.25) is 19.2 Å². The topological polar surface area (TPSA) is 263 Å². The van der Waals surface area contributed by atoms with Gasteiger partial charge in [-0.1, -0.05) is 63.6 Å². The van der Waals surface area contributed by atoms with Gasteiger partial charge in [-0.05, 0) is 142 Å². The van der Waals surface area contributed by atoms with Gasteiger partial charge in [-0.15, -0.1) is 0 Å². The number of ether oxygens (including phenoxy) is 13. The van der Waals surface area contributed by atoms with Crippen LogP contribution in [-0.4, -0.2) is 184 Å². The summed E-state index contributed by atoms with van der Waals surface area (Å²) in [6, 6.07) is -1.24. The smallest absolute Gasteiger partial charge is 0.460 e. The van der Waals surface area contributed by atoms with Crippen LogP contribution in [0.15, 0.2) is 47.1 Å². The molecule has 2 bridgehead atoms. The Hall–Kier alpha value is -4.91. The van der Waals surface area contributed by atoms with Gasteiger partial charge in [0.15, 0.2) is 29.1 Å². The van der Waals surface area contributed by atoms with Gasteiger partial charge in [0.2, 0.25) is 5.79 Å². The van der Waals surface area contributed by atoms with Crippen LogP contribution in [0.4, 0.5) is 9.59 Å². The fourth-order valence-corrected chi connectivity index (χ4v) is 13.3. The molecular weight excluding hydrogens is 1130 g/mol. The monoisotopic (exact) mass is 1230 g/mol. The van der Waals surface area contributed by atoms with Crippen molar-refractivity contribution in [2.24, 2.45) is 35.5 Å². The molecule has 7 rings (SSSR count). The number of carbonyl (C=O) groups excluding carboxylic acids is 7. The molecule has 4 unspecified atom stereocenters. The quantitative estimate of drug-likeness (QED) is 0.0830. The van der Waals surface area contributed by atoms with Crippen molar-refractivity contribution in [1.82, 2.24) is 4.90 Å². The summed E-state index contributed by atoms with van der Waals surface area (Å²) in [5.74, 6) is -10.8. The van der Waals surface area contributed by atoms with Crippen molar-refractivity contribution in [3.8, 4) is 0 Å². The Labute approximate surface area is 512 Å². The highest BCUT2D eigenvalue weighted by molar-refractivity contribution is 6.39. The molecule has 488 valence electrons. The van der Waals surface area contributed by atoms with E-state index in [1.165, 1.54) is 14.2 Å². The minimum atomic E-state index is -2.50. The van der Waals surface area contributed by atoms with Crippen LogP contribution in [0.5, 0.6) is 0 Å². The molecule has 17 atom stereocenters. The van der Waals surface area contributed by atoms with Crippen LogP contribution in [0.1, 0.15) is 153 Å². The van der Waals surface area contributed by atoms with Crippen LogP contribution < -0.4 is 0 Å². The van der Waals surface area contributed by atoms with E-state index in [1.807, 2.05) is 45.1 Å². The Morgan fingerprint density at radius 3 is 2.02 bits per heavy atom. The van der Waals surface area contributed by atoms with Crippen molar-refractivity contribution >= 4 is 41.5 Å². The first-order chi connectivity index (χ1) is 41.0. The number of esters is 1. The average molecular weight is 1230 g/mol. The van der Waals surface area contributed by atoms with Gasteiger partial charge in [-0.25, -0.2) is 14.4 Å². The minimum absolute atomic E-state index is 0.0238. The molecule has 87 heavy (non-hydrogen) atoms. The van der Waals surface area contributed by atoms with Crippen molar-refractivity contribution < 1.29 is 100 Å². The van der Waals surface area contributed by atoms with E-state index in [2.05, 4.69) is 0 Å². The van der Waals surface area contributed by atoms with E-state index in [0.717, 1.165) is 16.0 Å². The van der Waals surface area contributed by atoms with Crippen molar-refractivity contribution in [2.45, 2.75) is 231 Å². The second kappa shape index (κ2) is 29.8. The van der Waals surface area contributed by atoms with Gasteiger partial charge in [0.1, 0.15) is 49.5 Å². The van der Waals surface area contributed by atoms with Gasteiger partial charge in [0.05, 0.1) is 31.5 Å². The Bertz CT molecular complexity index is 2590. The van der Waals surface area contributed by atoms with Gasteiger partial charge in [0.25, 0.3) is 11.7 Å². The number of aliphatic hydroxyl groups is 1. The molecule has 0 spiro atoms. The highest BCUT2D eigenvalue weighted by Gasteiger charge is 2.54. The van der Waals surface area contributed by atoms with Crippen LogP contribution >= 0.6 is 0 Å². The van der Waals surface area contributed by atoms with E-state index in [9.17, 15) is 38.7 Å². The lowest BCUT2D eigenvalue weighted by Crippen LogP contribution is -2.61. The molecule has 0 radical (unpaired) electrons. The molecule has 0 aromatic heterocycles. The fraction of sp³-hybridized carbons (Fsp3) is 0.769. The van der Waals surface area contributed by atoms with Gasteiger partial charge in [-0.2, -0.15) is 0 Å². The SMILES string of the molecule is CO[C@H]1CC2CC[C@@H](C)[C@@](O)(O2)C(=O)C(=O)N2CCCCC2C(=O)O[C@H]([C@H](C)C[C@@H]2CC[C@@H](OC(=O)OCC3COC(C)(C)O3)[C@H](OC)C2)CC(=O)[C@H](C)/C=C(\C)[C@@](C)(OC(=O)OCC2COC(C)(C)O2)[C@@H](OC)C(=O)[C@H]2C[C@H](C)/C2=C/C=C/C=C1C. The van der Waals surface area contributed by atoms with Gasteiger partial charge < -0.3 is 71.6 Å². The summed E-state index contributed by atoms with van der Waals surface area (Å²) < 4.78 is 76.3. The number of nitrogens with zero attached hydrogens (tertiary/aromatic N) is 1. The molecule has 0 aromatic carbocycles. The zero-order chi connectivity index (χ0) is 63.8. The summed E-state index contributed by atoms with van der Waals surface area (Å²) >= 11 is 0. The van der Waals surface area contributed by atoms with Crippen molar-refractivity contribution in [2.75, 3.05) is 54.3 Å². The van der Waals surface area contributed by atoms with Crippen LogP contribution in [0.3, 0.4) is 0 Å². The van der Waals surface area contributed by atoms with Gasteiger partial charge >= 0.3 is 18.3 Å². The summed E-state index contributed by atoms with van der Waals surface area (Å²) in [6.45, 7) is 19.5. The normalized spacial score (nSPS) is 38.5. The highest BCUT2D eigenvalue weighted by Crippen LogP contribution is 2.44. The Morgan fingerprint density at radius 1 is 0.759 bits per heavy atom. The first kappa shape index (κ1) is 69.6. The predicted octanol–water partition coefficient (Wildman–Crippen LogP) is 8.56. The van der Waals surface area contributed by atoms with Gasteiger partial charge in [0, 0.05) is 58.5 Å². The first-order valence-electron chi connectivity index (χ1n) is 31.2. The second-order valence-electron chi connectivity index (χ2n) is 26.2. The van der Waals surface area contributed by atoms with E-state index in [-0.39, 0.29) is 75.6 Å². The molecule has 2 aliphatic carbocycles. The standard InChI is InChI=1S/C65H97NO21/c1-37-19-15-16-20-47-38(2)29-48(47)55(68)57(77-14)64(11,87-61(73)79-34-46-36-81-63(9,10)85-46)42(6)27-39(3)50(67)32-53(40(4)28-43-23-25-51(54(30-43)76-13)83-60(72)78-33-45-35-80-62(7,8)84-45)82-59(71)49-21-17-18-26-66(49)58(70)56(69)65(74)41(5)22-24-44(86-65)31-52(37)75-12/h15-16,19-20,27,38-41,43-46,48-49,51-54,57,74H,17-18,21-26,28-36H2,1-14H3/b16-15+,37-19?,42-27+,47-20-/t38-,39+,40+,41+,43-,44?,45?,46?,48-,49?,51+,52-,53-,54+,57-,64+,65+/m0/s1. The summed E-state index contributed by atoms with van der Waals surface area (Å²) in [5.41, 5.74) is 0.106. The molecule has 5 heterocycles. The minimum Gasteiger partial charge on any atom is -0.460 e. The maximum absolute atomic E-state index is 15.0. The number of Topliss-reactive ketones (excluding diaryl/α,β-unsaturated/α-hetero) is 3. The fourth-order valence-electron chi connectivity index (χ4n) is 13.3. The predicted molar refractivity (Wildman–Crippen MR) is 313 cm³/mol.